The Morgan fingerprint density at radius 3 is 1.79 bits per heavy atom. The van der Waals surface area contributed by atoms with Crippen LogP contribution in [0.4, 0.5) is 5.69 Å². The van der Waals surface area contributed by atoms with Gasteiger partial charge in [-0.15, -0.1) is 0 Å². The highest BCUT2D eigenvalue weighted by Gasteiger charge is 1.73. The third-order valence-corrected chi connectivity index (χ3v) is 1.68. The highest BCUT2D eigenvalue weighted by atomic mass is 14.5. The van der Waals surface area contributed by atoms with Gasteiger partial charge in [-0.1, -0.05) is 48.0 Å². The monoisotopic (exact) mass is 184 g/mol. The smallest absolute Gasteiger partial charge is 0.0314 e. The molecule has 1 nitrogen and oxygen atoms in total. The number of aryl methyl sites for hydroxylation is 1. The number of anilines is 1. The maximum absolute atomic E-state index is 5.34. The Morgan fingerprint density at radius 2 is 1.50 bits per heavy atom. The van der Waals surface area contributed by atoms with Gasteiger partial charge in [-0.05, 0) is 25.1 Å². The fourth-order valence-corrected chi connectivity index (χ4v) is 0.934. The molecule has 2 aromatic carbocycles. The second-order valence-corrected chi connectivity index (χ2v) is 2.99. The highest BCUT2D eigenvalue weighted by molar-refractivity contribution is 5.35. The molecule has 0 aliphatic heterocycles. The summed E-state index contributed by atoms with van der Waals surface area (Å²) in [5, 5.41) is 0. The van der Waals surface area contributed by atoms with Crippen LogP contribution >= 0.6 is 0 Å². The zero-order valence-electron chi connectivity index (χ0n) is 8.27. The summed E-state index contributed by atoms with van der Waals surface area (Å²) in [6.45, 7) is 2.08. The van der Waals surface area contributed by atoms with Crippen LogP contribution in [0.25, 0.3) is 0 Å². The van der Waals surface area contributed by atoms with E-state index in [1.165, 1.54) is 5.56 Å². The van der Waals surface area contributed by atoms with Gasteiger partial charge >= 0.3 is 0 Å². The molecule has 1 radical (unpaired) electrons. The number of hydrogen-bond acceptors (Lipinski definition) is 1. The molecule has 2 rings (SSSR count). The molecule has 0 atom stereocenters. The van der Waals surface area contributed by atoms with E-state index in [0.717, 1.165) is 5.69 Å². The molecule has 0 saturated heterocycles. The summed E-state index contributed by atoms with van der Waals surface area (Å²) in [6, 6.07) is 20.3. The Morgan fingerprint density at radius 1 is 0.929 bits per heavy atom. The van der Waals surface area contributed by atoms with Crippen LogP contribution in [0.5, 0.6) is 0 Å². The maximum Gasteiger partial charge on any atom is 0.0314 e. The third-order valence-electron chi connectivity index (χ3n) is 1.68. The lowest BCUT2D eigenvalue weighted by Crippen LogP contribution is -1.79. The molecule has 0 saturated carbocycles. The lowest BCUT2D eigenvalue weighted by atomic mass is 10.2. The van der Waals surface area contributed by atoms with Crippen molar-refractivity contribution in [3.63, 3.8) is 0 Å². The van der Waals surface area contributed by atoms with Crippen molar-refractivity contribution in [3.05, 3.63) is 66.2 Å². The van der Waals surface area contributed by atoms with E-state index < -0.39 is 0 Å². The second kappa shape index (κ2) is 5.81. The second-order valence-electron chi connectivity index (χ2n) is 2.99. The summed E-state index contributed by atoms with van der Waals surface area (Å²) in [7, 11) is 0. The van der Waals surface area contributed by atoms with Gasteiger partial charge in [0.1, 0.15) is 0 Å². The lowest BCUT2D eigenvalue weighted by molar-refractivity contribution is 1.48. The maximum atomic E-state index is 5.34. The first-order chi connectivity index (χ1) is 6.79. The van der Waals surface area contributed by atoms with Crippen LogP contribution in [-0.4, -0.2) is 0 Å². The summed E-state index contributed by atoms with van der Waals surface area (Å²) in [6.07, 6.45) is 0. The average Bonchev–Trinajstić information content (AvgIpc) is 2.21. The summed E-state index contributed by atoms with van der Waals surface area (Å²) in [5.41, 5.74) is 7.45. The molecule has 0 aromatic heterocycles. The molecular formula is C13H14N. The number of nitrogen functional groups attached to an aromatic ring is 1. The van der Waals surface area contributed by atoms with Crippen LogP contribution in [0.3, 0.4) is 0 Å². The first-order valence-electron chi connectivity index (χ1n) is 4.52. The van der Waals surface area contributed by atoms with Crippen LogP contribution in [-0.2, 0) is 0 Å². The van der Waals surface area contributed by atoms with Gasteiger partial charge in [0.15, 0.2) is 0 Å². The molecule has 0 aliphatic rings. The molecule has 14 heavy (non-hydrogen) atoms. The lowest BCUT2D eigenvalue weighted by Gasteiger charge is -1.83. The van der Waals surface area contributed by atoms with Crippen LogP contribution in [0.1, 0.15) is 5.56 Å². The Balaban J connectivity index is 0.000000140. The van der Waals surface area contributed by atoms with Gasteiger partial charge in [0, 0.05) is 5.69 Å². The zero-order chi connectivity index (χ0) is 10.2. The van der Waals surface area contributed by atoms with Crippen molar-refractivity contribution in [3.8, 4) is 0 Å². The van der Waals surface area contributed by atoms with Gasteiger partial charge in [0.2, 0.25) is 0 Å². The Labute approximate surface area is 85.2 Å². The number of rotatable bonds is 0. The normalized spacial score (nSPS) is 8.64. The molecule has 0 bridgehead atoms. The predicted molar refractivity (Wildman–Crippen MR) is 60.9 cm³/mol. The van der Waals surface area contributed by atoms with Crippen LogP contribution in [0, 0.1) is 13.0 Å². The Hall–Kier alpha value is -1.76. The molecule has 2 N–H and O–H groups in total. The minimum absolute atomic E-state index is 0.791. The molecule has 0 amide bonds. The fourth-order valence-electron chi connectivity index (χ4n) is 0.934. The van der Waals surface area contributed by atoms with Crippen molar-refractivity contribution in [2.45, 2.75) is 6.92 Å². The quantitative estimate of drug-likeness (QED) is 0.626. The van der Waals surface area contributed by atoms with E-state index in [0.29, 0.717) is 0 Å². The SMILES string of the molecule is Cc1ccccc1.Nc1cc[c]cc1. The highest BCUT2D eigenvalue weighted by Crippen LogP contribution is 1.95. The summed E-state index contributed by atoms with van der Waals surface area (Å²) >= 11 is 0. The van der Waals surface area contributed by atoms with E-state index in [2.05, 4.69) is 25.1 Å². The van der Waals surface area contributed by atoms with Gasteiger partial charge in [-0.25, -0.2) is 0 Å². The Kier molecular flexibility index (Phi) is 4.29. The molecule has 0 heterocycles. The minimum atomic E-state index is 0.791. The number of nitrogens with two attached hydrogens (primary N) is 1. The summed E-state index contributed by atoms with van der Waals surface area (Å²) < 4.78 is 0. The first-order valence-corrected chi connectivity index (χ1v) is 4.52. The molecular weight excluding hydrogens is 170 g/mol. The molecule has 0 unspecified atom stereocenters. The van der Waals surface area contributed by atoms with Crippen LogP contribution in [0.2, 0.25) is 0 Å². The molecule has 1 heteroatoms. The Bertz CT molecular complexity index is 303. The van der Waals surface area contributed by atoms with Crippen molar-refractivity contribution in [2.75, 3.05) is 5.73 Å². The molecule has 0 spiro atoms. The van der Waals surface area contributed by atoms with Gasteiger partial charge in [0.25, 0.3) is 0 Å². The van der Waals surface area contributed by atoms with Gasteiger partial charge in [-0.3, -0.25) is 0 Å². The van der Waals surface area contributed by atoms with E-state index in [9.17, 15) is 0 Å². The molecule has 0 aliphatic carbocycles. The topological polar surface area (TPSA) is 26.0 Å². The van der Waals surface area contributed by atoms with Gasteiger partial charge in [0.05, 0.1) is 0 Å². The fraction of sp³-hybridized carbons (Fsp3) is 0.0769. The molecule has 71 valence electrons. The van der Waals surface area contributed by atoms with Gasteiger partial charge in [-0.2, -0.15) is 0 Å². The summed E-state index contributed by atoms with van der Waals surface area (Å²) in [4.78, 5) is 0. The number of benzene rings is 2. The van der Waals surface area contributed by atoms with Crippen molar-refractivity contribution in [1.82, 2.24) is 0 Å². The minimum Gasteiger partial charge on any atom is -0.399 e. The van der Waals surface area contributed by atoms with E-state index in [-0.39, 0.29) is 0 Å². The van der Waals surface area contributed by atoms with Crippen molar-refractivity contribution in [1.29, 1.82) is 0 Å². The van der Waals surface area contributed by atoms with E-state index in [1.807, 2.05) is 18.2 Å². The van der Waals surface area contributed by atoms with Crippen molar-refractivity contribution < 1.29 is 0 Å². The van der Waals surface area contributed by atoms with E-state index >= 15 is 0 Å². The third kappa shape index (κ3) is 4.31. The van der Waals surface area contributed by atoms with Gasteiger partial charge < -0.3 is 5.73 Å². The standard InChI is InChI=1S/C7H8.C6H6N/c1-7-5-3-2-4-6-7;7-6-4-2-1-3-5-6/h2-6H,1H3;2-5H,7H2. The number of hydrogen-bond donors (Lipinski definition) is 1. The van der Waals surface area contributed by atoms with E-state index in [4.69, 9.17) is 5.73 Å². The van der Waals surface area contributed by atoms with Crippen molar-refractivity contribution in [2.24, 2.45) is 0 Å². The zero-order valence-corrected chi connectivity index (χ0v) is 8.27. The van der Waals surface area contributed by atoms with Crippen LogP contribution in [0.15, 0.2) is 54.6 Å². The van der Waals surface area contributed by atoms with Crippen LogP contribution < -0.4 is 5.73 Å². The van der Waals surface area contributed by atoms with Crippen molar-refractivity contribution >= 4 is 5.69 Å². The molecule has 2 aromatic rings. The van der Waals surface area contributed by atoms with E-state index in [1.54, 1.807) is 24.3 Å². The molecule has 0 fully saturated rings. The first kappa shape index (κ1) is 10.3. The largest absolute Gasteiger partial charge is 0.399 e. The average molecular weight is 184 g/mol. The summed E-state index contributed by atoms with van der Waals surface area (Å²) in [5.74, 6) is 0. The predicted octanol–water partition coefficient (Wildman–Crippen LogP) is 3.06.